The van der Waals surface area contributed by atoms with Gasteiger partial charge < -0.3 is 0 Å². The van der Waals surface area contributed by atoms with Crippen LogP contribution in [0.1, 0.15) is 6.42 Å². The fourth-order valence-electron chi connectivity index (χ4n) is 0.763. The molecule has 1 rings (SSSR count). The Labute approximate surface area is 77.3 Å². The summed E-state index contributed by atoms with van der Waals surface area (Å²) >= 11 is 0.605. The van der Waals surface area contributed by atoms with Gasteiger partial charge in [0.25, 0.3) is 0 Å². The Morgan fingerprint density at radius 2 is 2.25 bits per heavy atom. The van der Waals surface area contributed by atoms with E-state index in [9.17, 15) is 18.5 Å². The van der Waals surface area contributed by atoms with Crippen molar-refractivity contribution in [2.24, 2.45) is 0 Å². The van der Waals surface area contributed by atoms with Crippen LogP contribution in [0.4, 0.5) is 0 Å². The molecule has 0 N–H and O–H groups in total. The molecule has 1 aliphatic heterocycles. The lowest BCUT2D eigenvalue weighted by molar-refractivity contribution is -0.509. The largest absolute Gasteiger partial charge is 0.385 e. The molecule has 0 bridgehead atoms. The van der Waals surface area contributed by atoms with E-state index in [0.717, 1.165) is 0 Å². The number of nitro groups is 1. The highest BCUT2D eigenvalue weighted by Crippen LogP contribution is 2.43. The Balaban J connectivity index is 3.15. The summed E-state index contributed by atoms with van der Waals surface area (Å²) in [5, 5.41) is 11.8. The van der Waals surface area contributed by atoms with Gasteiger partial charge in [-0.3, -0.25) is 10.1 Å². The van der Waals surface area contributed by atoms with Gasteiger partial charge in [-0.25, -0.2) is 8.42 Å². The first-order chi connectivity index (χ1) is 5.40. The van der Waals surface area contributed by atoms with Crippen molar-refractivity contribution in [3.8, 4) is 0 Å². The first-order valence-corrected chi connectivity index (χ1v) is 6.00. The summed E-state index contributed by atoms with van der Waals surface area (Å²) in [7, 11) is 0.771. The summed E-state index contributed by atoms with van der Waals surface area (Å²) in [6, 6.07) is 0. The van der Waals surface area contributed by atoms with Gasteiger partial charge in [-0.1, -0.05) is 6.08 Å². The molecule has 0 saturated carbocycles. The average Bonchev–Trinajstić information content (AvgIpc) is 2.31. The molecule has 1 heterocycles. The van der Waals surface area contributed by atoms with E-state index in [0.29, 0.717) is 11.8 Å². The van der Waals surface area contributed by atoms with Crippen molar-refractivity contribution in [2.45, 2.75) is 10.6 Å². The lowest BCUT2D eigenvalue weighted by Crippen LogP contribution is -2.37. The van der Waals surface area contributed by atoms with Crippen LogP contribution in [0.2, 0.25) is 0 Å². The van der Waals surface area contributed by atoms with Gasteiger partial charge in [-0.2, -0.15) is 0 Å². The van der Waals surface area contributed by atoms with E-state index in [4.69, 9.17) is 10.7 Å². The topological polar surface area (TPSA) is 77.3 Å². The smallest absolute Gasteiger partial charge is 0.262 e. The van der Waals surface area contributed by atoms with E-state index >= 15 is 0 Å². The van der Waals surface area contributed by atoms with Crippen LogP contribution in [0.25, 0.3) is 0 Å². The number of hydrogen-bond donors (Lipinski definition) is 0. The third kappa shape index (κ3) is 1.32. The fourth-order valence-corrected chi connectivity index (χ4v) is 3.23. The molecule has 0 spiro atoms. The molecular weight excluding hydrogens is 226 g/mol. The first kappa shape index (κ1) is 9.82. The maximum atomic E-state index is 10.9. The van der Waals surface area contributed by atoms with Crippen LogP contribution < -0.4 is 0 Å². The van der Waals surface area contributed by atoms with Gasteiger partial charge in [-0.15, -0.1) is 0 Å². The van der Waals surface area contributed by atoms with Crippen LogP contribution in [0.15, 0.2) is 11.5 Å². The maximum absolute atomic E-state index is 10.9. The van der Waals surface area contributed by atoms with E-state index in [1.165, 1.54) is 11.5 Å². The second kappa shape index (κ2) is 2.90. The molecule has 0 aromatic heterocycles. The van der Waals surface area contributed by atoms with E-state index < -0.39 is 18.2 Å². The van der Waals surface area contributed by atoms with Crippen molar-refractivity contribution in [1.82, 2.24) is 0 Å². The number of hydrogen-bond acceptors (Lipinski definition) is 5. The van der Waals surface area contributed by atoms with E-state index in [2.05, 4.69) is 0 Å². The Morgan fingerprint density at radius 3 is 2.42 bits per heavy atom. The van der Waals surface area contributed by atoms with Crippen molar-refractivity contribution < 1.29 is 13.3 Å². The monoisotopic (exact) mass is 229 g/mol. The lowest BCUT2D eigenvalue weighted by atomic mass is 10.4. The molecule has 1 aliphatic rings. The molecular formula is C4H4ClNO4S2. The Morgan fingerprint density at radius 1 is 1.67 bits per heavy atom. The van der Waals surface area contributed by atoms with E-state index in [1.807, 2.05) is 0 Å². The summed E-state index contributed by atoms with van der Waals surface area (Å²) in [6.45, 7) is 0. The summed E-state index contributed by atoms with van der Waals surface area (Å²) in [4.78, 5) is 9.58. The van der Waals surface area contributed by atoms with Crippen molar-refractivity contribution >= 4 is 31.5 Å². The number of thioether (sulfide) groups is 1. The molecule has 0 aromatic carbocycles. The average molecular weight is 230 g/mol. The SMILES string of the molecule is O=[N+]([O-])C1(S(=O)(=O)Cl)CC=CS1. The molecule has 0 amide bonds. The van der Waals surface area contributed by atoms with Crippen LogP contribution >= 0.6 is 22.4 Å². The van der Waals surface area contributed by atoms with Crippen molar-refractivity contribution in [1.29, 1.82) is 0 Å². The summed E-state index contributed by atoms with van der Waals surface area (Å²) in [5.41, 5.74) is 0. The quantitative estimate of drug-likeness (QED) is 0.403. The molecule has 5 nitrogen and oxygen atoms in total. The van der Waals surface area contributed by atoms with Crippen LogP contribution in [0, 0.1) is 10.1 Å². The maximum Gasteiger partial charge on any atom is 0.385 e. The molecule has 0 aliphatic carbocycles. The van der Waals surface area contributed by atoms with Gasteiger partial charge in [0.1, 0.15) is 0 Å². The molecule has 68 valence electrons. The Bertz CT molecular complexity index is 327. The van der Waals surface area contributed by atoms with Gasteiger partial charge in [0.15, 0.2) is 0 Å². The molecule has 8 heteroatoms. The van der Waals surface area contributed by atoms with Gasteiger partial charge in [0.05, 0.1) is 11.3 Å². The highest BCUT2D eigenvalue weighted by molar-refractivity contribution is 8.26. The minimum absolute atomic E-state index is 0.184. The van der Waals surface area contributed by atoms with Gasteiger partial charge in [0.2, 0.25) is 0 Å². The zero-order chi connectivity index (χ0) is 9.41. The molecule has 1 unspecified atom stereocenters. The second-order valence-electron chi connectivity index (χ2n) is 2.10. The van der Waals surface area contributed by atoms with Crippen LogP contribution in [0.5, 0.6) is 0 Å². The van der Waals surface area contributed by atoms with Gasteiger partial charge in [0, 0.05) is 10.7 Å². The van der Waals surface area contributed by atoms with E-state index in [1.54, 1.807) is 0 Å². The predicted octanol–water partition coefficient (Wildman–Crippen LogP) is 1.14. The molecule has 0 aromatic rings. The van der Waals surface area contributed by atoms with Crippen LogP contribution in [-0.2, 0) is 9.05 Å². The fraction of sp³-hybridized carbons (Fsp3) is 0.500. The highest BCUT2D eigenvalue weighted by Gasteiger charge is 2.56. The molecule has 1 atom stereocenters. The molecule has 0 fully saturated rings. The zero-order valence-corrected chi connectivity index (χ0v) is 8.03. The van der Waals surface area contributed by atoms with Gasteiger partial charge >= 0.3 is 13.3 Å². The number of rotatable bonds is 2. The summed E-state index contributed by atoms with van der Waals surface area (Å²) in [5.74, 6) is 0. The third-order valence-corrected chi connectivity index (χ3v) is 5.46. The number of halogens is 1. The minimum Gasteiger partial charge on any atom is -0.262 e. The number of nitrogens with zero attached hydrogens (tertiary/aromatic N) is 1. The minimum atomic E-state index is -4.19. The summed E-state index contributed by atoms with van der Waals surface area (Å²) < 4.78 is 19.6. The van der Waals surface area contributed by atoms with Crippen molar-refractivity contribution in [3.05, 3.63) is 21.6 Å². The normalized spacial score (nSPS) is 29.1. The standard InChI is InChI=1S/C4H4ClNO4S2/c5-12(9,10)4(6(7)8)2-1-3-11-4/h1,3H,2H2. The Hall–Kier alpha value is -0.270. The molecule has 12 heavy (non-hydrogen) atoms. The van der Waals surface area contributed by atoms with Crippen LogP contribution in [-0.4, -0.2) is 17.5 Å². The first-order valence-electron chi connectivity index (χ1n) is 2.82. The highest BCUT2D eigenvalue weighted by atomic mass is 35.7. The van der Waals surface area contributed by atoms with Crippen molar-refractivity contribution in [3.63, 3.8) is 0 Å². The van der Waals surface area contributed by atoms with Gasteiger partial charge in [-0.05, 0) is 17.2 Å². The van der Waals surface area contributed by atoms with Crippen LogP contribution in [0.3, 0.4) is 0 Å². The summed E-state index contributed by atoms with van der Waals surface area (Å²) in [6.07, 6.45) is 1.23. The lowest BCUT2D eigenvalue weighted by Gasteiger charge is -2.13. The third-order valence-electron chi connectivity index (χ3n) is 1.38. The second-order valence-corrected chi connectivity index (χ2v) is 6.31. The molecule has 0 radical (unpaired) electrons. The predicted molar refractivity (Wildman–Crippen MR) is 45.8 cm³/mol. The van der Waals surface area contributed by atoms with Crippen molar-refractivity contribution in [2.75, 3.05) is 0 Å². The Kier molecular flexibility index (Phi) is 2.37. The zero-order valence-electron chi connectivity index (χ0n) is 5.64. The van der Waals surface area contributed by atoms with E-state index in [-0.39, 0.29) is 6.42 Å². The molecule has 0 saturated heterocycles.